The Morgan fingerprint density at radius 2 is 1.76 bits per heavy atom. The molecule has 1 heterocycles. The average molecular weight is 400 g/mol. The summed E-state index contributed by atoms with van der Waals surface area (Å²) in [6, 6.07) is 7.59. The zero-order chi connectivity index (χ0) is 21.2. The third-order valence-corrected chi connectivity index (χ3v) is 6.14. The number of hydrogen-bond donors (Lipinski definition) is 2. The van der Waals surface area contributed by atoms with Gasteiger partial charge in [0.1, 0.15) is 5.54 Å². The molecule has 2 fully saturated rings. The Balaban J connectivity index is 1.63. The topological polar surface area (TPSA) is 78.5 Å². The molecule has 29 heavy (non-hydrogen) atoms. The molecule has 2 N–H and O–H groups in total. The van der Waals surface area contributed by atoms with Gasteiger partial charge in [-0.05, 0) is 36.3 Å². The lowest BCUT2D eigenvalue weighted by atomic mass is 9.84. The molecular formula is C23H33N3O3. The Morgan fingerprint density at radius 3 is 2.34 bits per heavy atom. The predicted octanol–water partition coefficient (Wildman–Crippen LogP) is 3.59. The van der Waals surface area contributed by atoms with E-state index in [1.54, 1.807) is 6.92 Å². The van der Waals surface area contributed by atoms with Crippen LogP contribution in [0.3, 0.4) is 0 Å². The first-order chi connectivity index (χ1) is 13.6. The number of nitrogens with zero attached hydrogens (tertiary/aromatic N) is 1. The monoisotopic (exact) mass is 399 g/mol. The van der Waals surface area contributed by atoms with Crippen LogP contribution in [0.25, 0.3) is 0 Å². The van der Waals surface area contributed by atoms with E-state index in [1.807, 2.05) is 24.3 Å². The highest BCUT2D eigenvalue weighted by Crippen LogP contribution is 2.31. The molecule has 1 saturated carbocycles. The molecule has 1 unspecified atom stereocenters. The van der Waals surface area contributed by atoms with Crippen LogP contribution in [-0.4, -0.2) is 35.3 Å². The van der Waals surface area contributed by atoms with Gasteiger partial charge in [-0.25, -0.2) is 4.79 Å². The van der Waals surface area contributed by atoms with Gasteiger partial charge in [0.2, 0.25) is 5.91 Å². The van der Waals surface area contributed by atoms with Crippen molar-refractivity contribution < 1.29 is 14.4 Å². The lowest BCUT2D eigenvalue weighted by molar-refractivity contribution is -0.131. The number of hydrogen-bond acceptors (Lipinski definition) is 3. The van der Waals surface area contributed by atoms with Crippen molar-refractivity contribution in [3.8, 4) is 0 Å². The molecule has 1 aliphatic heterocycles. The van der Waals surface area contributed by atoms with Crippen LogP contribution in [-0.2, 0) is 20.5 Å². The Labute approximate surface area is 173 Å². The molecule has 1 atom stereocenters. The second kappa shape index (κ2) is 8.17. The fourth-order valence-corrected chi connectivity index (χ4v) is 4.16. The van der Waals surface area contributed by atoms with E-state index in [1.165, 1.54) is 6.42 Å². The van der Waals surface area contributed by atoms with E-state index in [-0.39, 0.29) is 36.2 Å². The summed E-state index contributed by atoms with van der Waals surface area (Å²) in [7, 11) is 0. The van der Waals surface area contributed by atoms with Gasteiger partial charge in [-0.15, -0.1) is 0 Å². The summed E-state index contributed by atoms with van der Waals surface area (Å²) in [5.74, 6) is -0.405. The molecule has 0 spiro atoms. The highest BCUT2D eigenvalue weighted by atomic mass is 16.2. The molecule has 1 aromatic carbocycles. The third-order valence-electron chi connectivity index (χ3n) is 6.14. The maximum Gasteiger partial charge on any atom is 0.325 e. The highest BCUT2D eigenvalue weighted by molar-refractivity contribution is 6.07. The van der Waals surface area contributed by atoms with Gasteiger partial charge in [0, 0.05) is 19.0 Å². The standard InChI is InChI=1S/C23H33N3O3/c1-22(2,3)16-10-12-17(13-11-16)23(4)20(28)26(21(29)25-23)15-14-19(27)24-18-8-6-5-7-9-18/h10-13,18H,5-9,14-15H2,1-4H3,(H,24,27)(H,25,29). The maximum absolute atomic E-state index is 13.0. The van der Waals surface area contributed by atoms with Gasteiger partial charge in [0.05, 0.1) is 0 Å². The fraction of sp³-hybridized carbons (Fsp3) is 0.609. The molecular weight excluding hydrogens is 366 g/mol. The van der Waals surface area contributed by atoms with Crippen LogP contribution in [0.2, 0.25) is 0 Å². The van der Waals surface area contributed by atoms with Crippen molar-refractivity contribution in [2.75, 3.05) is 6.54 Å². The number of benzene rings is 1. The third kappa shape index (κ3) is 4.62. The van der Waals surface area contributed by atoms with Gasteiger partial charge >= 0.3 is 6.03 Å². The molecule has 1 saturated heterocycles. The van der Waals surface area contributed by atoms with Crippen molar-refractivity contribution in [1.82, 2.24) is 15.5 Å². The van der Waals surface area contributed by atoms with Crippen LogP contribution in [0.5, 0.6) is 0 Å². The second-order valence-electron chi connectivity index (χ2n) is 9.49. The van der Waals surface area contributed by atoms with E-state index in [9.17, 15) is 14.4 Å². The number of rotatable bonds is 5. The molecule has 3 rings (SSSR count). The minimum Gasteiger partial charge on any atom is -0.353 e. The molecule has 1 aromatic rings. The van der Waals surface area contributed by atoms with Gasteiger partial charge < -0.3 is 10.6 Å². The zero-order valence-electron chi connectivity index (χ0n) is 18.0. The summed E-state index contributed by atoms with van der Waals surface area (Å²) in [6.45, 7) is 8.21. The highest BCUT2D eigenvalue weighted by Gasteiger charge is 2.48. The van der Waals surface area contributed by atoms with Crippen molar-refractivity contribution in [2.24, 2.45) is 0 Å². The number of urea groups is 1. The van der Waals surface area contributed by atoms with Crippen molar-refractivity contribution in [3.63, 3.8) is 0 Å². The van der Waals surface area contributed by atoms with Gasteiger partial charge in [-0.3, -0.25) is 14.5 Å². The van der Waals surface area contributed by atoms with E-state index in [0.717, 1.165) is 41.7 Å². The van der Waals surface area contributed by atoms with Crippen LogP contribution in [0.1, 0.15) is 77.3 Å². The quantitative estimate of drug-likeness (QED) is 0.743. The lowest BCUT2D eigenvalue weighted by Gasteiger charge is -2.25. The van der Waals surface area contributed by atoms with E-state index >= 15 is 0 Å². The predicted molar refractivity (Wildman–Crippen MR) is 112 cm³/mol. The van der Waals surface area contributed by atoms with Crippen LogP contribution < -0.4 is 10.6 Å². The smallest absolute Gasteiger partial charge is 0.325 e. The summed E-state index contributed by atoms with van der Waals surface area (Å²) < 4.78 is 0. The number of nitrogens with one attached hydrogen (secondary N) is 2. The van der Waals surface area contributed by atoms with Crippen molar-refractivity contribution >= 4 is 17.8 Å². The molecule has 2 aliphatic rings. The van der Waals surface area contributed by atoms with E-state index in [4.69, 9.17) is 0 Å². The lowest BCUT2D eigenvalue weighted by Crippen LogP contribution is -2.42. The van der Waals surface area contributed by atoms with Gasteiger partial charge in [0.25, 0.3) is 5.91 Å². The van der Waals surface area contributed by atoms with E-state index in [2.05, 4.69) is 31.4 Å². The fourth-order valence-electron chi connectivity index (χ4n) is 4.16. The van der Waals surface area contributed by atoms with Gasteiger partial charge in [-0.1, -0.05) is 64.3 Å². The molecule has 4 amide bonds. The summed E-state index contributed by atoms with van der Waals surface area (Å²) in [5, 5.41) is 5.85. The molecule has 6 heteroatoms. The normalized spacial score (nSPS) is 23.2. The van der Waals surface area contributed by atoms with Crippen LogP contribution >= 0.6 is 0 Å². The zero-order valence-corrected chi connectivity index (χ0v) is 18.0. The summed E-state index contributed by atoms with van der Waals surface area (Å²) in [5.41, 5.74) is 0.823. The molecule has 6 nitrogen and oxygen atoms in total. The first kappa shape index (κ1) is 21.3. The molecule has 1 aliphatic carbocycles. The summed E-state index contributed by atoms with van der Waals surface area (Å²) in [4.78, 5) is 38.9. The number of carbonyl (C=O) groups excluding carboxylic acids is 3. The largest absolute Gasteiger partial charge is 0.353 e. The molecule has 0 aromatic heterocycles. The molecule has 158 valence electrons. The Kier molecular flexibility index (Phi) is 6.01. The first-order valence-electron chi connectivity index (χ1n) is 10.7. The number of imide groups is 1. The summed E-state index contributed by atoms with van der Waals surface area (Å²) >= 11 is 0. The first-order valence-corrected chi connectivity index (χ1v) is 10.7. The van der Waals surface area contributed by atoms with Crippen LogP contribution in [0, 0.1) is 0 Å². The average Bonchev–Trinajstić information content (AvgIpc) is 2.90. The molecule has 0 radical (unpaired) electrons. The Bertz CT molecular complexity index is 776. The van der Waals surface area contributed by atoms with E-state index in [0.29, 0.717) is 0 Å². The van der Waals surface area contributed by atoms with E-state index < -0.39 is 11.6 Å². The van der Waals surface area contributed by atoms with Crippen LogP contribution in [0.15, 0.2) is 24.3 Å². The van der Waals surface area contributed by atoms with Crippen LogP contribution in [0.4, 0.5) is 4.79 Å². The minimum atomic E-state index is -1.10. The van der Waals surface area contributed by atoms with Gasteiger partial charge in [-0.2, -0.15) is 0 Å². The SMILES string of the molecule is CC(C)(C)c1ccc(C2(C)NC(=O)N(CCC(=O)NC3CCCCC3)C2=O)cc1. The number of carbonyl (C=O) groups is 3. The Hall–Kier alpha value is -2.37. The van der Waals surface area contributed by atoms with Crippen molar-refractivity contribution in [2.45, 2.75) is 83.2 Å². The maximum atomic E-state index is 13.0. The minimum absolute atomic E-state index is 0.0140. The number of amides is 4. The Morgan fingerprint density at radius 1 is 1.14 bits per heavy atom. The van der Waals surface area contributed by atoms with Gasteiger partial charge in [0.15, 0.2) is 0 Å². The second-order valence-corrected chi connectivity index (χ2v) is 9.49. The van der Waals surface area contributed by atoms with Crippen molar-refractivity contribution in [3.05, 3.63) is 35.4 Å². The molecule has 0 bridgehead atoms. The van der Waals surface area contributed by atoms with Crippen molar-refractivity contribution in [1.29, 1.82) is 0 Å². The summed E-state index contributed by atoms with van der Waals surface area (Å²) in [6.07, 6.45) is 5.67.